The number of amides is 3. The third-order valence-corrected chi connectivity index (χ3v) is 6.52. The van der Waals surface area contributed by atoms with E-state index in [0.29, 0.717) is 34.3 Å². The minimum atomic E-state index is -0.902. The van der Waals surface area contributed by atoms with Gasteiger partial charge in [0.2, 0.25) is 5.91 Å². The van der Waals surface area contributed by atoms with Crippen molar-refractivity contribution in [2.75, 3.05) is 18.4 Å². The number of benzene rings is 2. The van der Waals surface area contributed by atoms with E-state index in [4.69, 9.17) is 23.2 Å². The lowest BCUT2D eigenvalue weighted by Gasteiger charge is -2.31. The van der Waals surface area contributed by atoms with Gasteiger partial charge in [0.1, 0.15) is 0 Å². The standard InChI is InChI=1S/C27H37Cl2N3O3/c1-6-7-18(2)32(17-24(33)20-10-13-22(28)23(29)16-20)26(35)31-21-11-8-19(9-12-21)14-15-30-25(34)27(3,4)5/h8-13,16,18,24,33H,6-7,14-15,17H2,1-5H3,(H,30,34)(H,31,35)/t18?,24-/m1/s1. The van der Waals surface area contributed by atoms with Crippen LogP contribution in [-0.4, -0.2) is 41.1 Å². The van der Waals surface area contributed by atoms with Crippen molar-refractivity contribution < 1.29 is 14.7 Å². The summed E-state index contributed by atoms with van der Waals surface area (Å²) >= 11 is 12.1. The lowest BCUT2D eigenvalue weighted by atomic mass is 9.95. The van der Waals surface area contributed by atoms with Gasteiger partial charge in [-0.05, 0) is 55.2 Å². The maximum absolute atomic E-state index is 13.2. The molecule has 0 aliphatic carbocycles. The fourth-order valence-electron chi connectivity index (χ4n) is 3.58. The Morgan fingerprint density at radius 1 is 1.06 bits per heavy atom. The number of urea groups is 1. The molecule has 3 N–H and O–H groups in total. The Balaban J connectivity index is 2.02. The van der Waals surface area contributed by atoms with Gasteiger partial charge in [0.05, 0.1) is 22.7 Å². The maximum atomic E-state index is 13.2. The summed E-state index contributed by atoms with van der Waals surface area (Å²) < 4.78 is 0. The van der Waals surface area contributed by atoms with Crippen LogP contribution in [0, 0.1) is 5.41 Å². The molecule has 3 amide bonds. The number of halogens is 2. The highest BCUT2D eigenvalue weighted by molar-refractivity contribution is 6.42. The first kappa shape index (κ1) is 29.0. The van der Waals surface area contributed by atoms with E-state index in [2.05, 4.69) is 17.6 Å². The number of nitrogens with one attached hydrogen (secondary N) is 2. The van der Waals surface area contributed by atoms with Gasteiger partial charge in [-0.25, -0.2) is 4.79 Å². The van der Waals surface area contributed by atoms with E-state index >= 15 is 0 Å². The van der Waals surface area contributed by atoms with Crippen LogP contribution in [0.2, 0.25) is 10.0 Å². The highest BCUT2D eigenvalue weighted by Crippen LogP contribution is 2.27. The molecule has 8 heteroatoms. The van der Waals surface area contributed by atoms with Gasteiger partial charge in [0.25, 0.3) is 0 Å². The summed E-state index contributed by atoms with van der Waals surface area (Å²) in [6, 6.07) is 12.2. The summed E-state index contributed by atoms with van der Waals surface area (Å²) in [4.78, 5) is 26.8. The second kappa shape index (κ2) is 13.1. The second-order valence-corrected chi connectivity index (χ2v) is 10.7. The zero-order valence-corrected chi connectivity index (χ0v) is 22.7. The van der Waals surface area contributed by atoms with Crippen molar-refractivity contribution in [1.29, 1.82) is 0 Å². The van der Waals surface area contributed by atoms with E-state index in [-0.39, 0.29) is 24.5 Å². The molecule has 0 spiro atoms. The van der Waals surface area contributed by atoms with Crippen molar-refractivity contribution in [3.63, 3.8) is 0 Å². The van der Waals surface area contributed by atoms with Crippen LogP contribution >= 0.6 is 23.2 Å². The number of carbonyl (C=O) groups is 2. The summed E-state index contributed by atoms with van der Waals surface area (Å²) in [5.74, 6) is 0.0192. The molecule has 0 aliphatic rings. The average Bonchev–Trinajstić information content (AvgIpc) is 2.79. The predicted molar refractivity (Wildman–Crippen MR) is 144 cm³/mol. The quantitative estimate of drug-likeness (QED) is 0.335. The minimum absolute atomic E-state index is 0.0192. The number of nitrogens with zero attached hydrogens (tertiary/aromatic N) is 1. The molecule has 0 aromatic heterocycles. The normalized spacial score (nSPS) is 13.1. The first-order valence-corrected chi connectivity index (χ1v) is 12.8. The van der Waals surface area contributed by atoms with Crippen molar-refractivity contribution >= 4 is 40.8 Å². The third kappa shape index (κ3) is 9.02. The van der Waals surface area contributed by atoms with Crippen LogP contribution in [0.1, 0.15) is 64.7 Å². The summed E-state index contributed by atoms with van der Waals surface area (Å²) in [5, 5.41) is 17.4. The molecule has 2 rings (SSSR count). The number of rotatable bonds is 10. The minimum Gasteiger partial charge on any atom is -0.387 e. The molecule has 0 saturated heterocycles. The van der Waals surface area contributed by atoms with Gasteiger partial charge in [0, 0.05) is 23.7 Å². The number of hydrogen-bond donors (Lipinski definition) is 3. The van der Waals surface area contributed by atoms with E-state index in [9.17, 15) is 14.7 Å². The molecule has 6 nitrogen and oxygen atoms in total. The zero-order chi connectivity index (χ0) is 26.2. The molecule has 2 aromatic rings. The van der Waals surface area contributed by atoms with Gasteiger partial charge < -0.3 is 20.6 Å². The van der Waals surface area contributed by atoms with Crippen molar-refractivity contribution in [1.82, 2.24) is 10.2 Å². The fraction of sp³-hybridized carbons (Fsp3) is 0.481. The Morgan fingerprint density at radius 3 is 2.29 bits per heavy atom. The topological polar surface area (TPSA) is 81.7 Å². The Morgan fingerprint density at radius 2 is 1.71 bits per heavy atom. The molecule has 35 heavy (non-hydrogen) atoms. The van der Waals surface area contributed by atoms with Crippen molar-refractivity contribution in [3.8, 4) is 0 Å². The summed E-state index contributed by atoms with van der Waals surface area (Å²) in [7, 11) is 0. The Labute approximate surface area is 219 Å². The number of carbonyl (C=O) groups excluding carboxylic acids is 2. The number of hydrogen-bond acceptors (Lipinski definition) is 3. The van der Waals surface area contributed by atoms with Crippen LogP contribution in [0.25, 0.3) is 0 Å². The van der Waals surface area contributed by atoms with Crippen LogP contribution in [0.3, 0.4) is 0 Å². The Bertz CT molecular complexity index is 990. The number of aliphatic hydroxyl groups excluding tert-OH is 1. The fourth-order valence-corrected chi connectivity index (χ4v) is 3.89. The predicted octanol–water partition coefficient (Wildman–Crippen LogP) is 6.45. The van der Waals surface area contributed by atoms with Crippen molar-refractivity contribution in [3.05, 3.63) is 63.6 Å². The Kier molecular flexibility index (Phi) is 10.9. The first-order chi connectivity index (χ1) is 16.4. The Hall–Kier alpha value is -2.28. The molecule has 0 fully saturated rings. The highest BCUT2D eigenvalue weighted by Gasteiger charge is 2.24. The van der Waals surface area contributed by atoms with Gasteiger partial charge in [-0.15, -0.1) is 0 Å². The van der Waals surface area contributed by atoms with Gasteiger partial charge in [-0.1, -0.05) is 75.5 Å². The molecule has 1 unspecified atom stereocenters. The second-order valence-electron chi connectivity index (χ2n) is 9.86. The monoisotopic (exact) mass is 521 g/mol. The van der Waals surface area contributed by atoms with Gasteiger partial charge in [-0.2, -0.15) is 0 Å². The molecular formula is C27H37Cl2N3O3. The van der Waals surface area contributed by atoms with Crippen molar-refractivity contribution in [2.24, 2.45) is 5.41 Å². The molecule has 192 valence electrons. The third-order valence-electron chi connectivity index (χ3n) is 5.78. The number of aliphatic hydroxyl groups is 1. The van der Waals surface area contributed by atoms with Gasteiger partial charge >= 0.3 is 6.03 Å². The molecule has 0 heterocycles. The molecule has 0 aliphatic heterocycles. The SMILES string of the molecule is CCCC(C)N(C[C@@H](O)c1ccc(Cl)c(Cl)c1)C(=O)Nc1ccc(CCNC(=O)C(C)(C)C)cc1. The van der Waals surface area contributed by atoms with E-state index < -0.39 is 11.5 Å². The highest BCUT2D eigenvalue weighted by atomic mass is 35.5. The molecule has 0 bridgehead atoms. The van der Waals surface area contributed by atoms with E-state index in [1.165, 1.54) is 0 Å². The molecule has 2 aromatic carbocycles. The van der Waals surface area contributed by atoms with E-state index in [1.54, 1.807) is 23.1 Å². The zero-order valence-electron chi connectivity index (χ0n) is 21.2. The summed E-state index contributed by atoms with van der Waals surface area (Å²) in [6.45, 7) is 10.4. The average molecular weight is 523 g/mol. The van der Waals surface area contributed by atoms with Crippen LogP contribution in [0.15, 0.2) is 42.5 Å². The van der Waals surface area contributed by atoms with Crippen molar-refractivity contribution in [2.45, 2.75) is 66.0 Å². The van der Waals surface area contributed by atoms with Crippen LogP contribution in [0.4, 0.5) is 10.5 Å². The summed E-state index contributed by atoms with van der Waals surface area (Å²) in [5.41, 5.74) is 1.91. The number of anilines is 1. The van der Waals surface area contributed by atoms with E-state index in [1.807, 2.05) is 52.0 Å². The molecule has 0 radical (unpaired) electrons. The van der Waals surface area contributed by atoms with Crippen LogP contribution in [-0.2, 0) is 11.2 Å². The summed E-state index contributed by atoms with van der Waals surface area (Å²) in [6.07, 6.45) is 1.51. The first-order valence-electron chi connectivity index (χ1n) is 12.0. The lowest BCUT2D eigenvalue weighted by molar-refractivity contribution is -0.128. The smallest absolute Gasteiger partial charge is 0.322 e. The molecule has 2 atom stereocenters. The largest absolute Gasteiger partial charge is 0.387 e. The van der Waals surface area contributed by atoms with Crippen LogP contribution < -0.4 is 10.6 Å². The lowest BCUT2D eigenvalue weighted by Crippen LogP contribution is -2.43. The molecule has 0 saturated carbocycles. The van der Waals surface area contributed by atoms with Gasteiger partial charge in [-0.3, -0.25) is 4.79 Å². The maximum Gasteiger partial charge on any atom is 0.322 e. The van der Waals surface area contributed by atoms with E-state index in [0.717, 1.165) is 18.4 Å². The van der Waals surface area contributed by atoms with Gasteiger partial charge in [0.15, 0.2) is 0 Å². The van der Waals surface area contributed by atoms with Crippen LogP contribution in [0.5, 0.6) is 0 Å². The molecular weight excluding hydrogens is 485 g/mol.